The van der Waals surface area contributed by atoms with E-state index in [0.29, 0.717) is 12.1 Å². The van der Waals surface area contributed by atoms with Crippen molar-refractivity contribution in [3.05, 3.63) is 18.0 Å². The van der Waals surface area contributed by atoms with Crippen LogP contribution >= 0.6 is 0 Å². The molecule has 2 heterocycles. The molecule has 4 nitrogen and oxygen atoms in total. The van der Waals surface area contributed by atoms with Crippen LogP contribution in [0.5, 0.6) is 0 Å². The molecule has 1 saturated heterocycles. The Labute approximate surface area is 110 Å². The van der Waals surface area contributed by atoms with Crippen molar-refractivity contribution in [1.29, 1.82) is 0 Å². The molecule has 0 bridgehead atoms. The molecule has 3 atom stereocenters. The molecule has 0 saturated carbocycles. The van der Waals surface area contributed by atoms with Crippen molar-refractivity contribution in [2.24, 2.45) is 5.92 Å². The SMILES string of the molecule is CCC(C)C1CN(Cc2ccon2)C(CC)CN1. The number of aromatic nitrogens is 1. The molecule has 2 rings (SSSR count). The van der Waals surface area contributed by atoms with E-state index in [9.17, 15) is 0 Å². The second-order valence-electron chi connectivity index (χ2n) is 5.38. The van der Waals surface area contributed by atoms with Gasteiger partial charge in [0.25, 0.3) is 0 Å². The molecule has 1 aliphatic heterocycles. The van der Waals surface area contributed by atoms with E-state index < -0.39 is 0 Å². The second-order valence-corrected chi connectivity index (χ2v) is 5.38. The molecule has 0 radical (unpaired) electrons. The highest BCUT2D eigenvalue weighted by atomic mass is 16.5. The molecule has 4 heteroatoms. The van der Waals surface area contributed by atoms with Crippen LogP contribution in [0.4, 0.5) is 0 Å². The van der Waals surface area contributed by atoms with Crippen LogP contribution in [0.25, 0.3) is 0 Å². The standard InChI is InChI=1S/C14H25N3O/c1-4-11(3)14-10-17(13(5-2)8-15-14)9-12-6-7-18-16-12/h6-7,11,13-15H,4-5,8-10H2,1-3H3. The second kappa shape index (κ2) is 6.34. The Morgan fingerprint density at radius 3 is 3.00 bits per heavy atom. The van der Waals surface area contributed by atoms with Crippen LogP contribution in [0.1, 0.15) is 39.3 Å². The predicted octanol–water partition coefficient (Wildman–Crippen LogP) is 2.27. The Morgan fingerprint density at radius 1 is 1.56 bits per heavy atom. The summed E-state index contributed by atoms with van der Waals surface area (Å²) in [6, 6.07) is 3.18. The molecule has 1 N–H and O–H groups in total. The third-order valence-electron chi connectivity index (χ3n) is 4.22. The molecule has 0 aliphatic carbocycles. The molecule has 1 fully saturated rings. The first-order chi connectivity index (χ1) is 8.74. The van der Waals surface area contributed by atoms with Gasteiger partial charge >= 0.3 is 0 Å². The number of nitrogens with one attached hydrogen (secondary N) is 1. The van der Waals surface area contributed by atoms with Crippen molar-refractivity contribution < 1.29 is 4.52 Å². The lowest BCUT2D eigenvalue weighted by Gasteiger charge is -2.41. The van der Waals surface area contributed by atoms with Gasteiger partial charge < -0.3 is 9.84 Å². The molecular weight excluding hydrogens is 226 g/mol. The van der Waals surface area contributed by atoms with Gasteiger partial charge in [-0.05, 0) is 12.3 Å². The third kappa shape index (κ3) is 3.12. The Morgan fingerprint density at radius 2 is 2.39 bits per heavy atom. The van der Waals surface area contributed by atoms with E-state index in [-0.39, 0.29) is 0 Å². The summed E-state index contributed by atoms with van der Waals surface area (Å²) in [6.45, 7) is 9.96. The van der Waals surface area contributed by atoms with E-state index in [1.54, 1.807) is 6.26 Å². The van der Waals surface area contributed by atoms with E-state index in [4.69, 9.17) is 4.52 Å². The van der Waals surface area contributed by atoms with E-state index in [2.05, 4.69) is 36.1 Å². The zero-order valence-corrected chi connectivity index (χ0v) is 11.7. The van der Waals surface area contributed by atoms with Crippen LogP contribution < -0.4 is 5.32 Å². The van der Waals surface area contributed by atoms with Gasteiger partial charge in [0.05, 0.1) is 5.69 Å². The highest BCUT2D eigenvalue weighted by molar-refractivity contribution is 4.98. The third-order valence-corrected chi connectivity index (χ3v) is 4.22. The van der Waals surface area contributed by atoms with Gasteiger partial charge in [-0.2, -0.15) is 0 Å². The molecule has 102 valence electrons. The van der Waals surface area contributed by atoms with Crippen LogP contribution in [-0.2, 0) is 6.54 Å². The van der Waals surface area contributed by atoms with Crippen molar-refractivity contribution in [3.8, 4) is 0 Å². The summed E-state index contributed by atoms with van der Waals surface area (Å²) in [7, 11) is 0. The van der Waals surface area contributed by atoms with Crippen LogP contribution in [0.15, 0.2) is 16.9 Å². The maximum absolute atomic E-state index is 4.93. The first-order valence-corrected chi connectivity index (χ1v) is 7.11. The Kier molecular flexibility index (Phi) is 4.78. The zero-order valence-electron chi connectivity index (χ0n) is 11.7. The molecular formula is C14H25N3O. The summed E-state index contributed by atoms with van der Waals surface area (Å²) >= 11 is 0. The van der Waals surface area contributed by atoms with E-state index >= 15 is 0 Å². The summed E-state index contributed by atoms with van der Waals surface area (Å²) in [5.74, 6) is 0.725. The maximum atomic E-state index is 4.93. The highest BCUT2D eigenvalue weighted by Gasteiger charge is 2.29. The van der Waals surface area contributed by atoms with Gasteiger partial charge in [0.1, 0.15) is 6.26 Å². The van der Waals surface area contributed by atoms with Crippen molar-refractivity contribution in [2.45, 2.75) is 52.2 Å². The minimum absolute atomic E-state index is 0.602. The first-order valence-electron chi connectivity index (χ1n) is 7.11. The number of piperazine rings is 1. The lowest BCUT2D eigenvalue weighted by atomic mass is 9.95. The van der Waals surface area contributed by atoms with E-state index in [0.717, 1.165) is 31.2 Å². The van der Waals surface area contributed by atoms with Gasteiger partial charge in [-0.3, -0.25) is 4.90 Å². The van der Waals surface area contributed by atoms with Crippen LogP contribution in [0, 0.1) is 5.92 Å². The lowest BCUT2D eigenvalue weighted by molar-refractivity contribution is 0.0970. The average molecular weight is 251 g/mol. The summed E-state index contributed by atoms with van der Waals surface area (Å²) < 4.78 is 4.93. The number of rotatable bonds is 5. The summed E-state index contributed by atoms with van der Waals surface area (Å²) in [5.41, 5.74) is 1.04. The number of nitrogens with zero attached hydrogens (tertiary/aromatic N) is 2. The monoisotopic (exact) mass is 251 g/mol. The Hall–Kier alpha value is -0.870. The maximum Gasteiger partial charge on any atom is 0.124 e. The molecule has 18 heavy (non-hydrogen) atoms. The highest BCUT2D eigenvalue weighted by Crippen LogP contribution is 2.19. The van der Waals surface area contributed by atoms with Gasteiger partial charge in [-0.25, -0.2) is 0 Å². The summed E-state index contributed by atoms with van der Waals surface area (Å²) in [6.07, 6.45) is 4.06. The fraction of sp³-hybridized carbons (Fsp3) is 0.786. The van der Waals surface area contributed by atoms with Crippen LogP contribution in [-0.4, -0.2) is 35.2 Å². The fourth-order valence-electron chi connectivity index (χ4n) is 2.67. The van der Waals surface area contributed by atoms with Crippen molar-refractivity contribution >= 4 is 0 Å². The predicted molar refractivity (Wildman–Crippen MR) is 72.2 cm³/mol. The van der Waals surface area contributed by atoms with Crippen molar-refractivity contribution in [1.82, 2.24) is 15.4 Å². The van der Waals surface area contributed by atoms with Crippen molar-refractivity contribution in [3.63, 3.8) is 0 Å². The smallest absolute Gasteiger partial charge is 0.124 e. The Balaban J connectivity index is 1.99. The lowest BCUT2D eigenvalue weighted by Crippen LogP contribution is -2.57. The minimum atomic E-state index is 0.602. The van der Waals surface area contributed by atoms with Crippen LogP contribution in [0.3, 0.4) is 0 Å². The molecule has 0 aromatic carbocycles. The van der Waals surface area contributed by atoms with Gasteiger partial charge in [-0.1, -0.05) is 32.3 Å². The Bertz CT molecular complexity index is 339. The molecule has 0 spiro atoms. The normalized spacial score (nSPS) is 27.3. The molecule has 3 unspecified atom stereocenters. The number of hydrogen-bond acceptors (Lipinski definition) is 4. The van der Waals surface area contributed by atoms with Gasteiger partial charge in [-0.15, -0.1) is 0 Å². The van der Waals surface area contributed by atoms with Gasteiger partial charge in [0.2, 0.25) is 0 Å². The summed E-state index contributed by atoms with van der Waals surface area (Å²) in [5, 5.41) is 7.73. The van der Waals surface area contributed by atoms with Crippen LogP contribution in [0.2, 0.25) is 0 Å². The molecule has 1 aliphatic rings. The quantitative estimate of drug-likeness (QED) is 0.871. The van der Waals surface area contributed by atoms with E-state index in [1.807, 2.05) is 6.07 Å². The molecule has 0 amide bonds. The van der Waals surface area contributed by atoms with Gasteiger partial charge in [0, 0.05) is 37.8 Å². The van der Waals surface area contributed by atoms with Crippen molar-refractivity contribution in [2.75, 3.05) is 13.1 Å². The fourth-order valence-corrected chi connectivity index (χ4v) is 2.67. The average Bonchev–Trinajstić information content (AvgIpc) is 2.90. The number of hydrogen-bond donors (Lipinski definition) is 1. The minimum Gasteiger partial charge on any atom is -0.364 e. The summed E-state index contributed by atoms with van der Waals surface area (Å²) in [4.78, 5) is 2.55. The largest absolute Gasteiger partial charge is 0.364 e. The molecule has 1 aromatic heterocycles. The first kappa shape index (κ1) is 13.6. The van der Waals surface area contributed by atoms with Gasteiger partial charge in [0.15, 0.2) is 0 Å². The molecule has 1 aromatic rings. The van der Waals surface area contributed by atoms with E-state index in [1.165, 1.54) is 12.8 Å². The zero-order chi connectivity index (χ0) is 13.0. The topological polar surface area (TPSA) is 41.3 Å².